The first kappa shape index (κ1) is 15.4. The highest BCUT2D eigenvalue weighted by Crippen LogP contribution is 2.27. The van der Waals surface area contributed by atoms with E-state index < -0.39 is 0 Å². The molecule has 0 aliphatic heterocycles. The number of benzene rings is 2. The minimum Gasteiger partial charge on any atom is -0.271 e. The third-order valence-corrected chi connectivity index (χ3v) is 4.09. The van der Waals surface area contributed by atoms with Gasteiger partial charge in [0.15, 0.2) is 0 Å². The van der Waals surface area contributed by atoms with Crippen molar-refractivity contribution in [3.63, 3.8) is 0 Å². The van der Waals surface area contributed by atoms with Gasteiger partial charge in [-0.15, -0.1) is 0 Å². The third-order valence-electron chi connectivity index (χ3n) is 3.16. The van der Waals surface area contributed by atoms with Gasteiger partial charge in [0.1, 0.15) is 5.82 Å². The molecular formula is C15H15BrClFN2. The Kier molecular flexibility index (Phi) is 5.16. The van der Waals surface area contributed by atoms with Crippen LogP contribution >= 0.6 is 27.5 Å². The molecule has 0 radical (unpaired) electrons. The molecule has 5 heteroatoms. The molecule has 0 aliphatic carbocycles. The van der Waals surface area contributed by atoms with Crippen molar-refractivity contribution < 1.29 is 4.39 Å². The molecule has 2 aromatic rings. The summed E-state index contributed by atoms with van der Waals surface area (Å²) in [7, 11) is 0. The average Bonchev–Trinajstić information content (AvgIpc) is 2.41. The fraction of sp³-hybridized carbons (Fsp3) is 0.200. The molecule has 3 N–H and O–H groups in total. The second-order valence-corrected chi connectivity index (χ2v) is 5.96. The lowest BCUT2D eigenvalue weighted by Gasteiger charge is -2.18. The predicted octanol–water partition coefficient (Wildman–Crippen LogP) is 4.30. The van der Waals surface area contributed by atoms with Gasteiger partial charge in [-0.05, 0) is 64.2 Å². The van der Waals surface area contributed by atoms with Crippen molar-refractivity contribution in [2.24, 2.45) is 5.84 Å². The standard InChI is InChI=1S/C15H15BrClFN2/c1-9-2-4-11(13(17)6-9)15(20-19)8-10-3-5-14(18)12(16)7-10/h2-7,15,20H,8,19H2,1H3. The molecule has 0 aromatic heterocycles. The van der Waals surface area contributed by atoms with E-state index in [1.807, 2.05) is 25.1 Å². The van der Waals surface area contributed by atoms with E-state index >= 15 is 0 Å². The summed E-state index contributed by atoms with van der Waals surface area (Å²) in [6, 6.07) is 10.7. The summed E-state index contributed by atoms with van der Waals surface area (Å²) in [6.45, 7) is 1.98. The van der Waals surface area contributed by atoms with Crippen LogP contribution in [0.5, 0.6) is 0 Å². The van der Waals surface area contributed by atoms with Crippen molar-refractivity contribution in [1.82, 2.24) is 5.43 Å². The maximum atomic E-state index is 13.2. The zero-order valence-electron chi connectivity index (χ0n) is 11.0. The first-order chi connectivity index (χ1) is 9.51. The van der Waals surface area contributed by atoms with Crippen molar-refractivity contribution in [2.45, 2.75) is 19.4 Å². The van der Waals surface area contributed by atoms with E-state index in [2.05, 4.69) is 21.4 Å². The van der Waals surface area contributed by atoms with Gasteiger partial charge in [0.05, 0.1) is 10.5 Å². The first-order valence-electron chi connectivity index (χ1n) is 6.17. The lowest BCUT2D eigenvalue weighted by atomic mass is 9.98. The summed E-state index contributed by atoms with van der Waals surface area (Å²) in [4.78, 5) is 0. The molecule has 2 rings (SSSR count). The number of nitrogens with two attached hydrogens (primary N) is 1. The van der Waals surface area contributed by atoms with Crippen LogP contribution in [0.3, 0.4) is 0 Å². The largest absolute Gasteiger partial charge is 0.271 e. The van der Waals surface area contributed by atoms with Crippen LogP contribution in [-0.4, -0.2) is 0 Å². The maximum Gasteiger partial charge on any atom is 0.137 e. The van der Waals surface area contributed by atoms with Crippen LogP contribution < -0.4 is 11.3 Å². The molecule has 2 nitrogen and oxygen atoms in total. The Morgan fingerprint density at radius 3 is 2.65 bits per heavy atom. The van der Waals surface area contributed by atoms with E-state index in [0.29, 0.717) is 15.9 Å². The van der Waals surface area contributed by atoms with Crippen molar-refractivity contribution in [3.05, 3.63) is 68.4 Å². The smallest absolute Gasteiger partial charge is 0.137 e. The number of hydrogen-bond acceptors (Lipinski definition) is 2. The van der Waals surface area contributed by atoms with Crippen LogP contribution in [0.1, 0.15) is 22.7 Å². The van der Waals surface area contributed by atoms with E-state index in [1.54, 1.807) is 12.1 Å². The Bertz CT molecular complexity index is 619. The fourth-order valence-corrected chi connectivity index (χ4v) is 2.87. The minimum atomic E-state index is -0.278. The van der Waals surface area contributed by atoms with Crippen molar-refractivity contribution >= 4 is 27.5 Å². The second kappa shape index (κ2) is 6.68. The molecule has 1 unspecified atom stereocenters. The second-order valence-electron chi connectivity index (χ2n) is 4.70. The van der Waals surface area contributed by atoms with Crippen LogP contribution in [0, 0.1) is 12.7 Å². The van der Waals surface area contributed by atoms with Gasteiger partial charge in [-0.25, -0.2) is 4.39 Å². The lowest BCUT2D eigenvalue weighted by molar-refractivity contribution is 0.550. The SMILES string of the molecule is Cc1ccc(C(Cc2ccc(F)c(Br)c2)NN)c(Cl)c1. The molecular weight excluding hydrogens is 343 g/mol. The number of halogens is 3. The third kappa shape index (κ3) is 3.58. The minimum absolute atomic E-state index is 0.125. The van der Waals surface area contributed by atoms with Gasteiger partial charge in [-0.1, -0.05) is 29.8 Å². The predicted molar refractivity (Wildman–Crippen MR) is 84.1 cm³/mol. The Hall–Kier alpha value is -0.940. The van der Waals surface area contributed by atoms with E-state index in [0.717, 1.165) is 16.7 Å². The van der Waals surface area contributed by atoms with Gasteiger partial charge in [-0.3, -0.25) is 11.3 Å². The average molecular weight is 358 g/mol. The van der Waals surface area contributed by atoms with Gasteiger partial charge in [-0.2, -0.15) is 0 Å². The van der Waals surface area contributed by atoms with Gasteiger partial charge in [0.2, 0.25) is 0 Å². The maximum absolute atomic E-state index is 13.2. The summed E-state index contributed by atoms with van der Waals surface area (Å²) in [6.07, 6.45) is 0.623. The Morgan fingerprint density at radius 2 is 2.05 bits per heavy atom. The zero-order chi connectivity index (χ0) is 14.7. The van der Waals surface area contributed by atoms with Crippen LogP contribution in [0.25, 0.3) is 0 Å². The fourth-order valence-electron chi connectivity index (χ4n) is 2.08. The summed E-state index contributed by atoms with van der Waals surface area (Å²) in [5.74, 6) is 5.35. The summed E-state index contributed by atoms with van der Waals surface area (Å²) < 4.78 is 13.7. The number of hydrogen-bond donors (Lipinski definition) is 2. The van der Waals surface area contributed by atoms with Gasteiger partial charge in [0, 0.05) is 5.02 Å². The highest BCUT2D eigenvalue weighted by Gasteiger charge is 2.14. The van der Waals surface area contributed by atoms with Crippen molar-refractivity contribution in [1.29, 1.82) is 0 Å². The molecule has 1 atom stereocenters. The molecule has 20 heavy (non-hydrogen) atoms. The summed E-state index contributed by atoms with van der Waals surface area (Å²) in [5, 5.41) is 0.675. The molecule has 106 valence electrons. The summed E-state index contributed by atoms with van der Waals surface area (Å²) in [5.41, 5.74) is 5.77. The number of rotatable bonds is 4. The molecule has 0 amide bonds. The lowest BCUT2D eigenvalue weighted by Crippen LogP contribution is -2.29. The van der Waals surface area contributed by atoms with Crippen molar-refractivity contribution in [3.8, 4) is 0 Å². The van der Waals surface area contributed by atoms with E-state index in [9.17, 15) is 4.39 Å². The highest BCUT2D eigenvalue weighted by atomic mass is 79.9. The summed E-state index contributed by atoms with van der Waals surface area (Å²) >= 11 is 9.45. The monoisotopic (exact) mass is 356 g/mol. The van der Waals surface area contributed by atoms with E-state index in [4.69, 9.17) is 17.4 Å². The van der Waals surface area contributed by atoms with Crippen molar-refractivity contribution in [2.75, 3.05) is 0 Å². The molecule has 0 spiro atoms. The Labute approximate surface area is 131 Å². The molecule has 0 fully saturated rings. The molecule has 0 saturated heterocycles. The Morgan fingerprint density at radius 1 is 1.30 bits per heavy atom. The topological polar surface area (TPSA) is 38.0 Å². The molecule has 0 saturated carbocycles. The zero-order valence-corrected chi connectivity index (χ0v) is 13.3. The van der Waals surface area contributed by atoms with E-state index in [-0.39, 0.29) is 11.9 Å². The molecule has 0 bridgehead atoms. The first-order valence-corrected chi connectivity index (χ1v) is 7.34. The molecule has 2 aromatic carbocycles. The number of nitrogens with one attached hydrogen (secondary N) is 1. The van der Waals surface area contributed by atoms with Crippen LogP contribution in [0.15, 0.2) is 40.9 Å². The van der Waals surface area contributed by atoms with E-state index in [1.165, 1.54) is 6.07 Å². The normalized spacial score (nSPS) is 12.4. The van der Waals surface area contributed by atoms with Gasteiger partial charge in [0.25, 0.3) is 0 Å². The Balaban J connectivity index is 2.26. The number of aryl methyl sites for hydroxylation is 1. The van der Waals surface area contributed by atoms with Crippen LogP contribution in [0.4, 0.5) is 4.39 Å². The highest BCUT2D eigenvalue weighted by molar-refractivity contribution is 9.10. The van der Waals surface area contributed by atoms with Crippen LogP contribution in [-0.2, 0) is 6.42 Å². The molecule has 0 heterocycles. The van der Waals surface area contributed by atoms with Gasteiger partial charge >= 0.3 is 0 Å². The van der Waals surface area contributed by atoms with Crippen LogP contribution in [0.2, 0.25) is 5.02 Å². The quantitative estimate of drug-likeness (QED) is 0.632. The molecule has 0 aliphatic rings. The van der Waals surface area contributed by atoms with Gasteiger partial charge < -0.3 is 0 Å². The number of hydrazine groups is 1.